The molecule has 178 valence electrons. The van der Waals surface area contributed by atoms with Crippen molar-refractivity contribution < 1.29 is 9.47 Å². The quantitative estimate of drug-likeness (QED) is 0.324. The van der Waals surface area contributed by atoms with Crippen LogP contribution >= 0.6 is 34.5 Å². The number of fused-ring (bicyclic) bond motifs is 1. The van der Waals surface area contributed by atoms with Gasteiger partial charge in [-0.1, -0.05) is 29.3 Å². The Bertz CT molecular complexity index is 1410. The summed E-state index contributed by atoms with van der Waals surface area (Å²) in [6, 6.07) is 11.7. The number of nitrogens with zero attached hydrogens (tertiary/aromatic N) is 4. The molecule has 5 rings (SSSR count). The van der Waals surface area contributed by atoms with Gasteiger partial charge in [0.25, 0.3) is 0 Å². The zero-order chi connectivity index (χ0) is 24.4. The largest absolute Gasteiger partial charge is 0.495 e. The topological polar surface area (TPSA) is 83.3 Å². The summed E-state index contributed by atoms with van der Waals surface area (Å²) in [5, 5.41) is 13.9. The van der Waals surface area contributed by atoms with E-state index >= 15 is 0 Å². The molecule has 1 aromatic carbocycles. The summed E-state index contributed by atoms with van der Waals surface area (Å²) < 4.78 is 11.6. The number of benzene rings is 1. The molecule has 1 N–H and O–H groups in total. The Labute approximate surface area is 216 Å². The van der Waals surface area contributed by atoms with Gasteiger partial charge in [0.15, 0.2) is 0 Å². The van der Waals surface area contributed by atoms with E-state index in [0.29, 0.717) is 32.7 Å². The van der Waals surface area contributed by atoms with Crippen LogP contribution in [-0.2, 0) is 11.3 Å². The van der Waals surface area contributed by atoms with Gasteiger partial charge in [0.2, 0.25) is 0 Å². The van der Waals surface area contributed by atoms with Crippen molar-refractivity contribution >= 4 is 56.1 Å². The summed E-state index contributed by atoms with van der Waals surface area (Å²) in [5.41, 5.74) is 4.40. The SMILES string of the molecule is COc1cc(Nc2c(C#N)cnc3cc(-c4ccc(CN5CCOCC5)cn4)sc23)c(Cl)cc1Cl. The van der Waals surface area contributed by atoms with E-state index in [2.05, 4.69) is 27.3 Å². The van der Waals surface area contributed by atoms with Crippen molar-refractivity contribution in [3.05, 3.63) is 63.9 Å². The molecule has 0 saturated carbocycles. The van der Waals surface area contributed by atoms with E-state index in [1.165, 1.54) is 18.4 Å². The molecule has 0 atom stereocenters. The number of pyridine rings is 2. The van der Waals surface area contributed by atoms with E-state index < -0.39 is 0 Å². The predicted molar refractivity (Wildman–Crippen MR) is 140 cm³/mol. The molecule has 0 radical (unpaired) electrons. The van der Waals surface area contributed by atoms with Gasteiger partial charge in [-0.3, -0.25) is 14.9 Å². The Hall–Kier alpha value is -2.93. The van der Waals surface area contributed by atoms with Gasteiger partial charge < -0.3 is 14.8 Å². The fourth-order valence-electron chi connectivity index (χ4n) is 3.91. The van der Waals surface area contributed by atoms with Crippen LogP contribution in [0.5, 0.6) is 5.75 Å². The highest BCUT2D eigenvalue weighted by molar-refractivity contribution is 7.22. The third-order valence-electron chi connectivity index (χ3n) is 5.75. The van der Waals surface area contributed by atoms with Crippen molar-refractivity contribution in [3.63, 3.8) is 0 Å². The first-order chi connectivity index (χ1) is 17.1. The summed E-state index contributed by atoms with van der Waals surface area (Å²) in [6.45, 7) is 4.27. The zero-order valence-electron chi connectivity index (χ0n) is 18.8. The lowest BCUT2D eigenvalue weighted by molar-refractivity contribution is 0.0341. The number of halogens is 2. The number of morpholine rings is 1. The van der Waals surface area contributed by atoms with Gasteiger partial charge >= 0.3 is 0 Å². The molecule has 3 aromatic heterocycles. The minimum absolute atomic E-state index is 0.407. The van der Waals surface area contributed by atoms with Crippen molar-refractivity contribution in [2.45, 2.75) is 6.54 Å². The van der Waals surface area contributed by atoms with Crippen molar-refractivity contribution in [2.75, 3.05) is 38.7 Å². The van der Waals surface area contributed by atoms with E-state index in [1.54, 1.807) is 18.3 Å². The minimum atomic E-state index is 0.407. The molecule has 1 fully saturated rings. The second kappa shape index (κ2) is 10.4. The maximum absolute atomic E-state index is 9.73. The van der Waals surface area contributed by atoms with Crippen molar-refractivity contribution in [1.29, 1.82) is 5.26 Å². The number of anilines is 2. The molecule has 7 nitrogen and oxygen atoms in total. The van der Waals surface area contributed by atoms with E-state index in [0.717, 1.165) is 59.2 Å². The van der Waals surface area contributed by atoms with Crippen molar-refractivity contribution in [2.24, 2.45) is 0 Å². The number of hydrogen-bond donors (Lipinski definition) is 1. The van der Waals surface area contributed by atoms with Crippen molar-refractivity contribution in [1.82, 2.24) is 14.9 Å². The molecular weight excluding hydrogens is 505 g/mol. The molecule has 0 amide bonds. The second-order valence-electron chi connectivity index (χ2n) is 8.02. The van der Waals surface area contributed by atoms with E-state index in [4.69, 9.17) is 37.7 Å². The first-order valence-electron chi connectivity index (χ1n) is 10.9. The second-order valence-corrected chi connectivity index (χ2v) is 9.88. The third kappa shape index (κ3) is 5.06. The fraction of sp³-hybridized carbons (Fsp3) is 0.240. The van der Waals surface area contributed by atoms with Crippen molar-refractivity contribution in [3.8, 4) is 22.4 Å². The average molecular weight is 526 g/mol. The molecule has 0 bridgehead atoms. The number of hydrogen-bond acceptors (Lipinski definition) is 8. The van der Waals surface area contributed by atoms with Gasteiger partial charge in [-0.05, 0) is 23.8 Å². The van der Waals surface area contributed by atoms with Gasteiger partial charge in [-0.25, -0.2) is 0 Å². The predicted octanol–water partition coefficient (Wildman–Crippen LogP) is 6.12. The van der Waals surface area contributed by atoms with Crippen LogP contribution < -0.4 is 10.1 Å². The molecule has 0 unspecified atom stereocenters. The number of ether oxygens (including phenoxy) is 2. The summed E-state index contributed by atoms with van der Waals surface area (Å²) in [6.07, 6.45) is 3.48. The highest BCUT2D eigenvalue weighted by Crippen LogP contribution is 2.41. The molecule has 0 spiro atoms. The molecule has 1 aliphatic heterocycles. The van der Waals surface area contributed by atoms with Crippen LogP contribution in [0.1, 0.15) is 11.1 Å². The van der Waals surface area contributed by atoms with E-state index in [-0.39, 0.29) is 0 Å². The lowest BCUT2D eigenvalue weighted by atomic mass is 10.2. The van der Waals surface area contributed by atoms with E-state index in [1.807, 2.05) is 18.3 Å². The lowest BCUT2D eigenvalue weighted by Crippen LogP contribution is -2.35. The highest BCUT2D eigenvalue weighted by atomic mass is 35.5. The highest BCUT2D eigenvalue weighted by Gasteiger charge is 2.17. The molecule has 4 heterocycles. The summed E-state index contributed by atoms with van der Waals surface area (Å²) >= 11 is 14.1. The molecule has 35 heavy (non-hydrogen) atoms. The zero-order valence-corrected chi connectivity index (χ0v) is 21.2. The van der Waals surface area contributed by atoms with Crippen LogP contribution in [-0.4, -0.2) is 48.3 Å². The van der Waals surface area contributed by atoms with Gasteiger partial charge in [0.05, 0.1) is 68.1 Å². The Morgan fingerprint density at radius 2 is 1.97 bits per heavy atom. The number of rotatable bonds is 6. The maximum Gasteiger partial charge on any atom is 0.139 e. The first kappa shape index (κ1) is 23.8. The Morgan fingerprint density at radius 3 is 2.69 bits per heavy atom. The van der Waals surface area contributed by atoms with Crippen LogP contribution in [0.15, 0.2) is 42.7 Å². The minimum Gasteiger partial charge on any atom is -0.495 e. The van der Waals surface area contributed by atoms with Gasteiger partial charge in [0.1, 0.15) is 11.8 Å². The van der Waals surface area contributed by atoms with Gasteiger partial charge in [-0.15, -0.1) is 11.3 Å². The molecule has 1 aliphatic rings. The van der Waals surface area contributed by atoms with Crippen LogP contribution in [0.4, 0.5) is 11.4 Å². The average Bonchev–Trinajstić information content (AvgIpc) is 3.31. The van der Waals surface area contributed by atoms with Crippen LogP contribution in [0.3, 0.4) is 0 Å². The number of thiophene rings is 1. The maximum atomic E-state index is 9.73. The summed E-state index contributed by atoms with van der Waals surface area (Å²) in [5.74, 6) is 0.482. The molecule has 10 heteroatoms. The molecule has 0 aliphatic carbocycles. The van der Waals surface area contributed by atoms with Gasteiger partial charge in [0, 0.05) is 38.1 Å². The number of nitriles is 1. The molecule has 1 saturated heterocycles. The smallest absolute Gasteiger partial charge is 0.139 e. The Kier molecular flexibility index (Phi) is 7.04. The molecular formula is C25H21Cl2N5O2S. The lowest BCUT2D eigenvalue weighted by Gasteiger charge is -2.26. The standard InChI is InChI=1S/C25H21Cl2N5O2S/c1-33-22-9-20(17(26)8-18(22)27)31-24-16(11-28)13-30-21-10-23(35-25(21)24)19-3-2-15(12-29-19)14-32-4-6-34-7-5-32/h2-3,8-10,12-13H,4-7,14H2,1H3,(H,30,31). The molecule has 4 aromatic rings. The van der Waals surface area contributed by atoms with Crippen LogP contribution in [0.2, 0.25) is 10.0 Å². The first-order valence-corrected chi connectivity index (χ1v) is 12.5. The van der Waals surface area contributed by atoms with Crippen LogP contribution in [0, 0.1) is 11.3 Å². The Morgan fingerprint density at radius 1 is 1.14 bits per heavy atom. The summed E-state index contributed by atoms with van der Waals surface area (Å²) in [7, 11) is 1.54. The summed E-state index contributed by atoms with van der Waals surface area (Å²) in [4.78, 5) is 12.5. The van der Waals surface area contributed by atoms with Gasteiger partial charge in [-0.2, -0.15) is 5.26 Å². The normalized spacial score (nSPS) is 14.1. The third-order valence-corrected chi connectivity index (χ3v) is 7.52. The number of methoxy groups -OCH3 is 1. The fourth-order valence-corrected chi connectivity index (χ4v) is 5.51. The number of aromatic nitrogens is 2. The monoisotopic (exact) mass is 525 g/mol. The number of nitrogens with one attached hydrogen (secondary N) is 1. The van der Waals surface area contributed by atoms with E-state index in [9.17, 15) is 5.26 Å². The Balaban J connectivity index is 1.47. The van der Waals surface area contributed by atoms with Crippen LogP contribution in [0.25, 0.3) is 20.8 Å².